The van der Waals surface area contributed by atoms with Crippen LogP contribution < -0.4 is 15.8 Å². The average molecular weight is 592 g/mol. The molecule has 1 aliphatic carbocycles. The molecule has 4 rings (SSSR count). The van der Waals surface area contributed by atoms with Gasteiger partial charge >= 0.3 is 11.9 Å². The molecule has 230 valence electrons. The van der Waals surface area contributed by atoms with E-state index in [2.05, 4.69) is 10.3 Å². The van der Waals surface area contributed by atoms with Crippen molar-refractivity contribution < 1.29 is 33.4 Å². The van der Waals surface area contributed by atoms with Crippen LogP contribution in [-0.2, 0) is 27.2 Å². The molecule has 0 radical (unpaired) electrons. The summed E-state index contributed by atoms with van der Waals surface area (Å²) in [5.41, 5.74) is 9.34. The summed E-state index contributed by atoms with van der Waals surface area (Å²) in [6.45, 7) is 5.58. The minimum Gasteiger partial charge on any atom is -0.493 e. The first kappa shape index (κ1) is 31.7. The summed E-state index contributed by atoms with van der Waals surface area (Å²) >= 11 is 0. The molecule has 0 spiro atoms. The van der Waals surface area contributed by atoms with Gasteiger partial charge in [-0.15, -0.1) is 0 Å². The number of esters is 1. The van der Waals surface area contributed by atoms with Crippen molar-refractivity contribution in [2.45, 2.75) is 90.3 Å². The SMILES string of the molecule is Cc1oc(-c2cccc(C(=O)NC3CCCCC3)c2)nc1CCOc1ccc(CCC(=O)O)c(C(N)C(=O)OC(C)C)c1. The van der Waals surface area contributed by atoms with Gasteiger partial charge in [0.1, 0.15) is 17.6 Å². The van der Waals surface area contributed by atoms with Gasteiger partial charge in [-0.25, -0.2) is 9.78 Å². The summed E-state index contributed by atoms with van der Waals surface area (Å²) in [5.74, 6) is -0.0548. The molecule has 3 aromatic rings. The number of nitrogens with one attached hydrogen (secondary N) is 1. The zero-order chi connectivity index (χ0) is 30.9. The number of rotatable bonds is 13. The molecule has 1 aliphatic rings. The third kappa shape index (κ3) is 8.90. The van der Waals surface area contributed by atoms with E-state index < -0.39 is 18.0 Å². The van der Waals surface area contributed by atoms with Crippen molar-refractivity contribution in [3.8, 4) is 17.2 Å². The predicted molar refractivity (Wildman–Crippen MR) is 161 cm³/mol. The molecule has 0 saturated heterocycles. The Morgan fingerprint density at radius 2 is 1.86 bits per heavy atom. The highest BCUT2D eigenvalue weighted by Gasteiger charge is 2.23. The number of oxazole rings is 1. The second-order valence-electron chi connectivity index (χ2n) is 11.2. The van der Waals surface area contributed by atoms with Crippen LogP contribution in [0.25, 0.3) is 11.5 Å². The number of carboxylic acid groups (broad SMARTS) is 1. The third-order valence-electron chi connectivity index (χ3n) is 7.48. The van der Waals surface area contributed by atoms with Crippen molar-refractivity contribution in [3.05, 3.63) is 70.6 Å². The van der Waals surface area contributed by atoms with Gasteiger partial charge in [-0.05, 0) is 81.5 Å². The van der Waals surface area contributed by atoms with Crippen molar-refractivity contribution in [3.63, 3.8) is 0 Å². The summed E-state index contributed by atoms with van der Waals surface area (Å²) in [6, 6.07) is 11.6. The molecule has 1 atom stereocenters. The normalized spacial score (nSPS) is 14.3. The lowest BCUT2D eigenvalue weighted by Crippen LogP contribution is -2.36. The number of aryl methyl sites for hydroxylation is 2. The van der Waals surface area contributed by atoms with E-state index in [4.69, 9.17) is 24.7 Å². The van der Waals surface area contributed by atoms with E-state index in [-0.39, 0.29) is 37.5 Å². The van der Waals surface area contributed by atoms with Gasteiger partial charge in [-0.1, -0.05) is 31.4 Å². The number of carboxylic acids is 1. The summed E-state index contributed by atoms with van der Waals surface area (Å²) in [4.78, 5) is 41.2. The van der Waals surface area contributed by atoms with Gasteiger partial charge in [0, 0.05) is 30.0 Å². The minimum atomic E-state index is -1.07. The summed E-state index contributed by atoms with van der Waals surface area (Å²) in [7, 11) is 0. The Hall–Kier alpha value is -4.18. The fourth-order valence-electron chi connectivity index (χ4n) is 5.21. The molecule has 1 unspecified atom stereocenters. The predicted octanol–water partition coefficient (Wildman–Crippen LogP) is 5.30. The maximum atomic E-state index is 12.8. The standard InChI is InChI=1S/C33H41N3O7/c1-20(2)42-33(40)30(34)27-19-26(14-12-22(27)13-15-29(37)38)41-17-16-28-21(3)43-32(36-28)24-9-7-8-23(18-24)31(39)35-25-10-5-4-6-11-25/h7-9,12,14,18-20,25,30H,4-6,10-11,13,15-17,34H2,1-3H3,(H,35,39)(H,37,38). The Morgan fingerprint density at radius 3 is 2.58 bits per heavy atom. The van der Waals surface area contributed by atoms with E-state index in [0.29, 0.717) is 40.5 Å². The van der Waals surface area contributed by atoms with Crippen molar-refractivity contribution in [1.82, 2.24) is 10.3 Å². The lowest BCUT2D eigenvalue weighted by molar-refractivity contribution is -0.149. The summed E-state index contributed by atoms with van der Waals surface area (Å²) in [5, 5.41) is 12.3. The number of hydrogen-bond acceptors (Lipinski definition) is 8. The number of hydrogen-bond donors (Lipinski definition) is 3. The number of nitrogens with two attached hydrogens (primary N) is 1. The summed E-state index contributed by atoms with van der Waals surface area (Å²) < 4.78 is 17.2. The molecule has 1 heterocycles. The number of nitrogens with zero attached hydrogens (tertiary/aromatic N) is 1. The van der Waals surface area contributed by atoms with Crippen LogP contribution in [0.3, 0.4) is 0 Å². The number of carbonyl (C=O) groups excluding carboxylic acids is 2. The maximum absolute atomic E-state index is 12.8. The average Bonchev–Trinajstić information content (AvgIpc) is 3.36. The maximum Gasteiger partial charge on any atom is 0.327 e. The second-order valence-corrected chi connectivity index (χ2v) is 11.2. The molecule has 10 nitrogen and oxygen atoms in total. The van der Waals surface area contributed by atoms with Crippen molar-refractivity contribution in [2.75, 3.05) is 6.61 Å². The Bertz CT molecular complexity index is 1430. The zero-order valence-electron chi connectivity index (χ0n) is 25.1. The largest absolute Gasteiger partial charge is 0.493 e. The van der Waals surface area contributed by atoms with Crippen molar-refractivity contribution in [1.29, 1.82) is 0 Å². The van der Waals surface area contributed by atoms with Gasteiger partial charge in [0.25, 0.3) is 5.91 Å². The van der Waals surface area contributed by atoms with Crippen LogP contribution in [0.4, 0.5) is 0 Å². The van der Waals surface area contributed by atoms with Crippen LogP contribution in [0.15, 0.2) is 46.9 Å². The van der Waals surface area contributed by atoms with E-state index in [1.165, 1.54) is 6.42 Å². The molecule has 1 amide bonds. The quantitative estimate of drug-likeness (QED) is 0.225. The monoisotopic (exact) mass is 591 g/mol. The number of carbonyl (C=O) groups is 3. The first-order chi connectivity index (χ1) is 20.6. The minimum absolute atomic E-state index is 0.0869. The highest BCUT2D eigenvalue weighted by Crippen LogP contribution is 2.27. The topological polar surface area (TPSA) is 154 Å². The van der Waals surface area contributed by atoms with Crippen LogP contribution in [0.5, 0.6) is 5.75 Å². The van der Waals surface area contributed by atoms with Crippen molar-refractivity contribution in [2.24, 2.45) is 5.73 Å². The van der Waals surface area contributed by atoms with Gasteiger partial charge in [-0.3, -0.25) is 9.59 Å². The van der Waals surface area contributed by atoms with E-state index in [1.807, 2.05) is 19.1 Å². The lowest BCUT2D eigenvalue weighted by Gasteiger charge is -2.22. The van der Waals surface area contributed by atoms with Gasteiger partial charge in [-0.2, -0.15) is 0 Å². The highest BCUT2D eigenvalue weighted by molar-refractivity contribution is 5.95. The van der Waals surface area contributed by atoms with E-state index in [0.717, 1.165) is 36.9 Å². The van der Waals surface area contributed by atoms with Gasteiger partial charge in [0.2, 0.25) is 5.89 Å². The van der Waals surface area contributed by atoms with Crippen LogP contribution in [0.1, 0.15) is 91.4 Å². The number of aromatic nitrogens is 1. The molecule has 1 saturated carbocycles. The fourth-order valence-corrected chi connectivity index (χ4v) is 5.21. The molecule has 1 fully saturated rings. The lowest BCUT2D eigenvalue weighted by atomic mass is 9.95. The number of amides is 1. The van der Waals surface area contributed by atoms with Crippen LogP contribution in [-0.4, -0.2) is 46.7 Å². The Morgan fingerprint density at radius 1 is 1.09 bits per heavy atom. The Balaban J connectivity index is 1.41. The van der Waals surface area contributed by atoms with Crippen molar-refractivity contribution >= 4 is 17.8 Å². The molecule has 4 N–H and O–H groups in total. The van der Waals surface area contributed by atoms with Crippen LogP contribution in [0.2, 0.25) is 0 Å². The summed E-state index contributed by atoms with van der Waals surface area (Å²) in [6.07, 6.45) is 5.79. The molecule has 1 aromatic heterocycles. The highest BCUT2D eigenvalue weighted by atomic mass is 16.5. The van der Waals surface area contributed by atoms with E-state index in [9.17, 15) is 14.4 Å². The number of ether oxygens (including phenoxy) is 2. The third-order valence-corrected chi connectivity index (χ3v) is 7.48. The molecule has 43 heavy (non-hydrogen) atoms. The molecule has 0 bridgehead atoms. The Labute approximate surface area is 252 Å². The van der Waals surface area contributed by atoms with Gasteiger partial charge in [0.15, 0.2) is 0 Å². The molecule has 0 aliphatic heterocycles. The fraction of sp³-hybridized carbons (Fsp3) is 0.455. The van der Waals surface area contributed by atoms with E-state index >= 15 is 0 Å². The second kappa shape index (κ2) is 14.8. The molecule has 10 heteroatoms. The Kier molecular flexibility index (Phi) is 10.9. The first-order valence-corrected chi connectivity index (χ1v) is 14.9. The first-order valence-electron chi connectivity index (χ1n) is 14.9. The van der Waals surface area contributed by atoms with Gasteiger partial charge < -0.3 is 30.0 Å². The number of aliphatic carboxylic acids is 1. The number of benzene rings is 2. The zero-order valence-corrected chi connectivity index (χ0v) is 25.1. The molecular weight excluding hydrogens is 550 g/mol. The molecule has 2 aromatic carbocycles. The van der Waals surface area contributed by atoms with Gasteiger partial charge in [0.05, 0.1) is 18.4 Å². The smallest absolute Gasteiger partial charge is 0.327 e. The van der Waals surface area contributed by atoms with Crippen LogP contribution >= 0.6 is 0 Å². The van der Waals surface area contributed by atoms with E-state index in [1.54, 1.807) is 44.2 Å². The molecular formula is C33H41N3O7. The van der Waals surface area contributed by atoms with Crippen LogP contribution in [0, 0.1) is 6.92 Å².